The molecule has 0 N–H and O–H groups in total. The van der Waals surface area contributed by atoms with E-state index in [2.05, 4.69) is 0 Å². The maximum atomic E-state index is 2.00. The van der Waals surface area contributed by atoms with Gasteiger partial charge in [0.25, 0.3) is 0 Å². The van der Waals surface area contributed by atoms with E-state index in [1.165, 1.54) is 0 Å². The van der Waals surface area contributed by atoms with Gasteiger partial charge in [0.2, 0.25) is 0 Å². The zero-order valence-corrected chi connectivity index (χ0v) is 9.02. The van der Waals surface area contributed by atoms with Crippen LogP contribution in [0.3, 0.4) is 0 Å². The van der Waals surface area contributed by atoms with Gasteiger partial charge in [0.15, 0.2) is 0 Å². The molecule has 2 aromatic rings. The van der Waals surface area contributed by atoms with Crippen molar-refractivity contribution in [2.24, 2.45) is 0 Å². The molecule has 0 saturated carbocycles. The molecule has 0 nitrogen and oxygen atoms in total. The van der Waals surface area contributed by atoms with Crippen molar-refractivity contribution in [1.29, 1.82) is 0 Å². The van der Waals surface area contributed by atoms with E-state index in [9.17, 15) is 0 Å². The molecule has 0 atom stereocenters. The Hall–Kier alpha value is -0.0403. The van der Waals surface area contributed by atoms with Gasteiger partial charge in [0, 0.05) is 22.4 Å². The summed E-state index contributed by atoms with van der Waals surface area (Å²) in [6, 6.07) is 20.0. The first-order valence-corrected chi connectivity index (χ1v) is 3.33. The molecule has 0 saturated heterocycles. The van der Waals surface area contributed by atoms with Crippen LogP contribution in [0.15, 0.2) is 60.7 Å². The van der Waals surface area contributed by atoms with Crippen LogP contribution in [0.2, 0.25) is 0 Å². The Balaban J connectivity index is 0. The maximum absolute atomic E-state index is 2.00. The third-order valence-corrected chi connectivity index (χ3v) is 1.11. The fourth-order valence-corrected chi connectivity index (χ4v) is 0.642. The van der Waals surface area contributed by atoms with Crippen molar-refractivity contribution in [1.82, 2.24) is 0 Å². The molecule has 69 valence electrons. The molecule has 0 aliphatic rings. The van der Waals surface area contributed by atoms with Crippen molar-refractivity contribution in [3.63, 3.8) is 0 Å². The summed E-state index contributed by atoms with van der Waals surface area (Å²) in [5.41, 5.74) is 0. The molecular weight excluding hydrogens is 284 g/mol. The zero-order valence-electron chi connectivity index (χ0n) is 6.43. The molecule has 2 rings (SSSR count). The average Bonchev–Trinajstić information content (AvgIpc) is 2.67. The maximum Gasteiger partial charge on any atom is 2.00 e. The SMILES string of the molecule is [Ag].[Fe+2].c1cc[cH-]c1.c1cc[cH-]c1. The predicted molar refractivity (Wildman–Crippen MR) is 44.1 cm³/mol. The van der Waals surface area contributed by atoms with Crippen LogP contribution in [0.4, 0.5) is 0 Å². The van der Waals surface area contributed by atoms with E-state index < -0.39 is 0 Å². The third-order valence-electron chi connectivity index (χ3n) is 1.11. The van der Waals surface area contributed by atoms with E-state index >= 15 is 0 Å². The van der Waals surface area contributed by atoms with E-state index in [0.717, 1.165) is 0 Å². The molecule has 0 heterocycles. The summed E-state index contributed by atoms with van der Waals surface area (Å²) in [5.74, 6) is 0. The van der Waals surface area contributed by atoms with E-state index in [1.54, 1.807) is 0 Å². The quantitative estimate of drug-likeness (QED) is 0.518. The average molecular weight is 294 g/mol. The van der Waals surface area contributed by atoms with Crippen molar-refractivity contribution in [2.75, 3.05) is 0 Å². The fraction of sp³-hybridized carbons (Fsp3) is 0. The number of hydrogen-bond acceptors (Lipinski definition) is 0. The van der Waals surface area contributed by atoms with Gasteiger partial charge >= 0.3 is 17.1 Å². The van der Waals surface area contributed by atoms with Gasteiger partial charge < -0.3 is 0 Å². The topological polar surface area (TPSA) is 0 Å². The second kappa shape index (κ2) is 11.0. The molecule has 0 unspecified atom stereocenters. The normalized spacial score (nSPS) is 6.67. The Morgan fingerprint density at radius 1 is 0.583 bits per heavy atom. The van der Waals surface area contributed by atoms with Crippen LogP contribution < -0.4 is 0 Å². The summed E-state index contributed by atoms with van der Waals surface area (Å²) in [7, 11) is 0. The first kappa shape index (κ1) is 14.5. The Morgan fingerprint density at radius 2 is 0.833 bits per heavy atom. The van der Waals surface area contributed by atoms with Gasteiger partial charge in [-0.25, -0.2) is 24.3 Å². The minimum atomic E-state index is 0. The van der Waals surface area contributed by atoms with Crippen molar-refractivity contribution < 1.29 is 39.4 Å². The monoisotopic (exact) mass is 293 g/mol. The van der Waals surface area contributed by atoms with Gasteiger partial charge in [0.1, 0.15) is 0 Å². The summed E-state index contributed by atoms with van der Waals surface area (Å²) in [6.07, 6.45) is 0. The molecule has 2 aromatic carbocycles. The summed E-state index contributed by atoms with van der Waals surface area (Å²) >= 11 is 0. The summed E-state index contributed by atoms with van der Waals surface area (Å²) in [5, 5.41) is 0. The van der Waals surface area contributed by atoms with Crippen LogP contribution >= 0.6 is 0 Å². The summed E-state index contributed by atoms with van der Waals surface area (Å²) in [6.45, 7) is 0. The van der Waals surface area contributed by atoms with Crippen molar-refractivity contribution >= 4 is 0 Å². The van der Waals surface area contributed by atoms with Crippen LogP contribution in [0.25, 0.3) is 0 Å². The van der Waals surface area contributed by atoms with Crippen molar-refractivity contribution in [2.45, 2.75) is 0 Å². The molecule has 0 bridgehead atoms. The standard InChI is InChI=1S/2C5H5.Ag.Fe/c2*1-2-4-5-3-1;;/h2*1-5H;;/q2*-1;;+2. The van der Waals surface area contributed by atoms with Gasteiger partial charge in [-0.15, -0.1) is 0 Å². The van der Waals surface area contributed by atoms with Crippen molar-refractivity contribution in [3.05, 3.63) is 60.7 Å². The van der Waals surface area contributed by atoms with Crippen LogP contribution in [-0.4, -0.2) is 0 Å². The summed E-state index contributed by atoms with van der Waals surface area (Å²) in [4.78, 5) is 0. The Labute approximate surface area is 99.7 Å². The molecule has 0 aliphatic heterocycles. The van der Waals surface area contributed by atoms with Gasteiger partial charge in [-0.3, -0.25) is 0 Å². The smallest absolute Gasteiger partial charge is 0.214 e. The Kier molecular flexibility index (Phi) is 13.2. The van der Waals surface area contributed by atoms with Crippen LogP contribution in [-0.2, 0) is 39.4 Å². The van der Waals surface area contributed by atoms with Crippen LogP contribution in [0.5, 0.6) is 0 Å². The molecule has 0 aliphatic carbocycles. The molecule has 0 aromatic heterocycles. The van der Waals surface area contributed by atoms with E-state index in [-0.39, 0.29) is 39.4 Å². The largest absolute Gasteiger partial charge is 2.00 e. The minimum Gasteiger partial charge on any atom is -0.214 e. The first-order chi connectivity index (χ1) is 5.00. The van der Waals surface area contributed by atoms with E-state index in [1.807, 2.05) is 60.7 Å². The van der Waals surface area contributed by atoms with Crippen LogP contribution in [0, 0.1) is 0 Å². The van der Waals surface area contributed by atoms with E-state index in [4.69, 9.17) is 0 Å². The molecule has 1 radical (unpaired) electrons. The Bertz CT molecular complexity index is 149. The van der Waals surface area contributed by atoms with E-state index in [0.29, 0.717) is 0 Å². The number of hydrogen-bond donors (Lipinski definition) is 0. The molecule has 12 heavy (non-hydrogen) atoms. The minimum absolute atomic E-state index is 0. The Morgan fingerprint density at radius 3 is 0.917 bits per heavy atom. The molecule has 0 spiro atoms. The predicted octanol–water partition coefficient (Wildman–Crippen LogP) is 2.81. The van der Waals surface area contributed by atoms with Gasteiger partial charge in [-0.2, -0.15) is 36.4 Å². The summed E-state index contributed by atoms with van der Waals surface area (Å²) < 4.78 is 0. The first-order valence-electron chi connectivity index (χ1n) is 3.33. The third kappa shape index (κ3) is 8.06. The van der Waals surface area contributed by atoms with Gasteiger partial charge in [-0.1, -0.05) is 0 Å². The molecule has 0 fully saturated rings. The fourth-order valence-electron chi connectivity index (χ4n) is 0.642. The van der Waals surface area contributed by atoms with Gasteiger partial charge in [0.05, 0.1) is 0 Å². The van der Waals surface area contributed by atoms with Crippen molar-refractivity contribution in [3.8, 4) is 0 Å². The number of rotatable bonds is 0. The molecule has 0 amide bonds. The second-order valence-electron chi connectivity index (χ2n) is 1.92. The second-order valence-corrected chi connectivity index (χ2v) is 1.92. The molecular formula is C10H10AgFe. The zero-order chi connectivity index (χ0) is 7.07. The molecule has 2 heteroatoms. The van der Waals surface area contributed by atoms with Gasteiger partial charge in [-0.05, 0) is 0 Å². The van der Waals surface area contributed by atoms with Crippen LogP contribution in [0.1, 0.15) is 0 Å².